The molecule has 0 radical (unpaired) electrons. The van der Waals surface area contributed by atoms with Gasteiger partial charge in [0.05, 0.1) is 0 Å². The Morgan fingerprint density at radius 1 is 1.35 bits per heavy atom. The maximum atomic E-state index is 12.0. The van der Waals surface area contributed by atoms with E-state index in [0.717, 1.165) is 19.3 Å². The number of likely N-dealkylation sites (tertiary alicyclic amines) is 1. The standard InChI is InChI=1S/C13H23N3O4/c1-2-9-5-7-16(8-6-9)13(20)15-10(12(18)19)3-4-11(14)17/h9-10H,2-8H2,1H3,(H2,14,17)(H,15,20)(H,18,19)/t10-/m0/s1. The molecule has 1 atom stereocenters. The summed E-state index contributed by atoms with van der Waals surface area (Å²) in [5, 5.41) is 11.5. The van der Waals surface area contributed by atoms with Crippen LogP contribution in [0.2, 0.25) is 0 Å². The molecule has 1 rings (SSSR count). The van der Waals surface area contributed by atoms with E-state index in [0.29, 0.717) is 19.0 Å². The minimum absolute atomic E-state index is 0.0157. The van der Waals surface area contributed by atoms with Crippen molar-refractivity contribution in [2.24, 2.45) is 11.7 Å². The summed E-state index contributed by atoms with van der Waals surface area (Å²) in [7, 11) is 0. The van der Waals surface area contributed by atoms with Gasteiger partial charge in [0.1, 0.15) is 6.04 Å². The molecule has 1 aliphatic heterocycles. The second-order valence-electron chi connectivity index (χ2n) is 5.18. The summed E-state index contributed by atoms with van der Waals surface area (Å²) in [5.74, 6) is -1.08. The predicted octanol–water partition coefficient (Wildman–Crippen LogP) is 0.537. The van der Waals surface area contributed by atoms with Crippen LogP contribution in [-0.2, 0) is 9.59 Å². The van der Waals surface area contributed by atoms with E-state index in [1.54, 1.807) is 4.90 Å². The second kappa shape index (κ2) is 7.72. The fourth-order valence-electron chi connectivity index (χ4n) is 2.33. The van der Waals surface area contributed by atoms with Crippen LogP contribution in [0, 0.1) is 5.92 Å². The number of nitrogens with two attached hydrogens (primary N) is 1. The van der Waals surface area contributed by atoms with Gasteiger partial charge in [0.15, 0.2) is 0 Å². The van der Waals surface area contributed by atoms with E-state index >= 15 is 0 Å². The van der Waals surface area contributed by atoms with E-state index in [-0.39, 0.29) is 18.9 Å². The van der Waals surface area contributed by atoms with Gasteiger partial charge in [-0.1, -0.05) is 13.3 Å². The van der Waals surface area contributed by atoms with Crippen molar-refractivity contribution in [1.82, 2.24) is 10.2 Å². The number of carbonyl (C=O) groups excluding carboxylic acids is 2. The number of carboxylic acid groups (broad SMARTS) is 1. The van der Waals surface area contributed by atoms with Gasteiger partial charge in [-0.3, -0.25) is 4.79 Å². The molecule has 114 valence electrons. The number of nitrogens with one attached hydrogen (secondary N) is 1. The van der Waals surface area contributed by atoms with Gasteiger partial charge < -0.3 is 21.1 Å². The Kier molecular flexibility index (Phi) is 6.27. The molecule has 4 N–H and O–H groups in total. The van der Waals surface area contributed by atoms with E-state index in [1.807, 2.05) is 0 Å². The van der Waals surface area contributed by atoms with Crippen molar-refractivity contribution in [2.75, 3.05) is 13.1 Å². The largest absolute Gasteiger partial charge is 0.480 e. The highest BCUT2D eigenvalue weighted by molar-refractivity contribution is 5.83. The topological polar surface area (TPSA) is 113 Å². The number of carbonyl (C=O) groups is 3. The maximum absolute atomic E-state index is 12.0. The van der Waals surface area contributed by atoms with Crippen molar-refractivity contribution in [2.45, 2.75) is 45.1 Å². The highest BCUT2D eigenvalue weighted by atomic mass is 16.4. The number of carboxylic acids is 1. The van der Waals surface area contributed by atoms with Crippen LogP contribution in [0.1, 0.15) is 39.0 Å². The number of hydrogen-bond donors (Lipinski definition) is 3. The molecule has 3 amide bonds. The lowest BCUT2D eigenvalue weighted by Gasteiger charge is -2.32. The third-order valence-electron chi connectivity index (χ3n) is 3.75. The summed E-state index contributed by atoms with van der Waals surface area (Å²) in [6.45, 7) is 3.42. The van der Waals surface area contributed by atoms with E-state index in [4.69, 9.17) is 10.8 Å². The number of urea groups is 1. The second-order valence-corrected chi connectivity index (χ2v) is 5.18. The summed E-state index contributed by atoms with van der Waals surface area (Å²) in [6, 6.07) is -1.45. The Labute approximate surface area is 118 Å². The fraction of sp³-hybridized carbons (Fsp3) is 0.769. The quantitative estimate of drug-likeness (QED) is 0.661. The summed E-state index contributed by atoms with van der Waals surface area (Å²) in [5.41, 5.74) is 4.99. The smallest absolute Gasteiger partial charge is 0.326 e. The molecule has 0 aromatic heterocycles. The Balaban J connectivity index is 2.45. The third kappa shape index (κ3) is 5.07. The summed E-state index contributed by atoms with van der Waals surface area (Å²) < 4.78 is 0. The van der Waals surface area contributed by atoms with E-state index in [2.05, 4.69) is 12.2 Å². The Bertz CT molecular complexity index is 365. The van der Waals surface area contributed by atoms with Gasteiger partial charge in [-0.25, -0.2) is 9.59 Å². The van der Waals surface area contributed by atoms with Crippen LogP contribution >= 0.6 is 0 Å². The number of rotatable bonds is 6. The van der Waals surface area contributed by atoms with Crippen LogP contribution in [0.4, 0.5) is 4.79 Å². The molecule has 7 heteroatoms. The van der Waals surface area contributed by atoms with E-state index in [1.165, 1.54) is 0 Å². The first-order valence-corrected chi connectivity index (χ1v) is 7.00. The van der Waals surface area contributed by atoms with Gasteiger partial charge in [0.2, 0.25) is 5.91 Å². The van der Waals surface area contributed by atoms with Crippen LogP contribution in [-0.4, -0.2) is 47.0 Å². The molecule has 0 aromatic carbocycles. The lowest BCUT2D eigenvalue weighted by atomic mass is 9.95. The van der Waals surface area contributed by atoms with Crippen molar-refractivity contribution in [1.29, 1.82) is 0 Å². The molecule has 0 aliphatic carbocycles. The Hall–Kier alpha value is -1.79. The zero-order valence-electron chi connectivity index (χ0n) is 11.8. The first-order chi connectivity index (χ1) is 9.43. The van der Waals surface area contributed by atoms with Crippen molar-refractivity contribution in [3.8, 4) is 0 Å². The average Bonchev–Trinajstić information content (AvgIpc) is 2.42. The van der Waals surface area contributed by atoms with Crippen LogP contribution in [0.25, 0.3) is 0 Å². The van der Waals surface area contributed by atoms with Gasteiger partial charge >= 0.3 is 12.0 Å². The molecule has 1 fully saturated rings. The van der Waals surface area contributed by atoms with Crippen LogP contribution in [0.5, 0.6) is 0 Å². The summed E-state index contributed by atoms with van der Waals surface area (Å²) in [6.07, 6.45) is 2.95. The maximum Gasteiger partial charge on any atom is 0.326 e. The monoisotopic (exact) mass is 285 g/mol. The number of nitrogens with zero attached hydrogens (tertiary/aromatic N) is 1. The normalized spacial score (nSPS) is 17.6. The van der Waals surface area contributed by atoms with Crippen molar-refractivity contribution in [3.63, 3.8) is 0 Å². The van der Waals surface area contributed by atoms with Gasteiger partial charge in [-0.2, -0.15) is 0 Å². The Morgan fingerprint density at radius 2 is 1.95 bits per heavy atom. The molecular weight excluding hydrogens is 262 g/mol. The third-order valence-corrected chi connectivity index (χ3v) is 3.75. The highest BCUT2D eigenvalue weighted by Crippen LogP contribution is 2.19. The molecule has 20 heavy (non-hydrogen) atoms. The number of primary amides is 1. The molecular formula is C13H23N3O4. The fourth-order valence-corrected chi connectivity index (χ4v) is 2.33. The van der Waals surface area contributed by atoms with Gasteiger partial charge in [-0.05, 0) is 25.2 Å². The summed E-state index contributed by atoms with van der Waals surface area (Å²) >= 11 is 0. The van der Waals surface area contributed by atoms with Crippen molar-refractivity contribution < 1.29 is 19.5 Å². The number of aliphatic carboxylic acids is 1. The highest BCUT2D eigenvalue weighted by Gasteiger charge is 2.26. The molecule has 0 bridgehead atoms. The van der Waals surface area contributed by atoms with Crippen LogP contribution in [0.3, 0.4) is 0 Å². The van der Waals surface area contributed by atoms with Gasteiger partial charge in [-0.15, -0.1) is 0 Å². The molecule has 0 unspecified atom stereocenters. The van der Waals surface area contributed by atoms with Gasteiger partial charge in [0, 0.05) is 19.5 Å². The van der Waals surface area contributed by atoms with Crippen LogP contribution < -0.4 is 11.1 Å². The first-order valence-electron chi connectivity index (χ1n) is 7.00. The minimum Gasteiger partial charge on any atom is -0.480 e. The van der Waals surface area contributed by atoms with Crippen molar-refractivity contribution in [3.05, 3.63) is 0 Å². The predicted molar refractivity (Wildman–Crippen MR) is 73.0 cm³/mol. The van der Waals surface area contributed by atoms with E-state index in [9.17, 15) is 14.4 Å². The minimum atomic E-state index is -1.15. The lowest BCUT2D eigenvalue weighted by molar-refractivity contribution is -0.139. The zero-order valence-corrected chi connectivity index (χ0v) is 11.8. The molecule has 1 heterocycles. The Morgan fingerprint density at radius 3 is 2.40 bits per heavy atom. The van der Waals surface area contributed by atoms with Crippen LogP contribution in [0.15, 0.2) is 0 Å². The molecule has 0 aromatic rings. The molecule has 1 saturated heterocycles. The number of amides is 3. The van der Waals surface area contributed by atoms with E-state index < -0.39 is 17.9 Å². The molecule has 7 nitrogen and oxygen atoms in total. The van der Waals surface area contributed by atoms with Gasteiger partial charge in [0.25, 0.3) is 0 Å². The SMILES string of the molecule is CCC1CCN(C(=O)N[C@@H](CCC(N)=O)C(=O)O)CC1. The lowest BCUT2D eigenvalue weighted by Crippen LogP contribution is -2.50. The zero-order chi connectivity index (χ0) is 15.1. The molecule has 0 saturated carbocycles. The average molecular weight is 285 g/mol. The summed E-state index contributed by atoms with van der Waals surface area (Å²) in [4.78, 5) is 35.4. The molecule has 1 aliphatic rings. The number of hydrogen-bond acceptors (Lipinski definition) is 3. The van der Waals surface area contributed by atoms with Crippen molar-refractivity contribution >= 4 is 17.9 Å². The molecule has 0 spiro atoms. The first kappa shape index (κ1) is 16.3. The number of piperidine rings is 1.